The third-order valence-electron chi connectivity index (χ3n) is 4.42. The lowest BCUT2D eigenvalue weighted by Crippen LogP contribution is -2.12. The van der Waals surface area contributed by atoms with Crippen LogP contribution in [0.15, 0.2) is 40.1 Å². The Balaban J connectivity index is 2.23. The average molecular weight is 531 g/mol. The van der Waals surface area contributed by atoms with Crippen molar-refractivity contribution in [3.05, 3.63) is 46.3 Å². The zero-order valence-corrected chi connectivity index (χ0v) is 18.2. The maximum atomic E-state index is 13.1. The fraction of sp³-hybridized carbons (Fsp3) is 0.294. The first kappa shape index (κ1) is 23.3. The zero-order valence-electron chi connectivity index (χ0n) is 15.8. The standard InChI is InChI=1S/C17H13BrF6N4O2S/c1-3-31(29,30)12-6-9(16(19,20)21)4-5-11(12)14-26-13(18)15(27(14)2)28-8-10(7-25-28)17(22,23)24/h4-8H,3H2,1-2H3. The minimum absolute atomic E-state index is 0.0153. The topological polar surface area (TPSA) is 69.8 Å². The summed E-state index contributed by atoms with van der Waals surface area (Å²) in [5.74, 6) is -0.523. The van der Waals surface area contributed by atoms with Crippen LogP contribution >= 0.6 is 15.9 Å². The lowest BCUT2D eigenvalue weighted by molar-refractivity contribution is -0.138. The lowest BCUT2D eigenvalue weighted by Gasteiger charge is -2.14. The second-order valence-electron chi connectivity index (χ2n) is 6.39. The number of imidazole rings is 1. The van der Waals surface area contributed by atoms with Crippen LogP contribution in [0.2, 0.25) is 0 Å². The fourth-order valence-corrected chi connectivity index (χ4v) is 4.55. The number of halogens is 7. The molecule has 0 amide bonds. The van der Waals surface area contributed by atoms with E-state index < -0.39 is 44.0 Å². The third kappa shape index (κ3) is 4.35. The largest absolute Gasteiger partial charge is 0.419 e. The smallest absolute Gasteiger partial charge is 0.311 e. The summed E-state index contributed by atoms with van der Waals surface area (Å²) in [6.45, 7) is 1.28. The number of hydrogen-bond donors (Lipinski definition) is 0. The number of benzene rings is 1. The molecule has 1 aromatic carbocycles. The van der Waals surface area contributed by atoms with Crippen molar-refractivity contribution in [1.29, 1.82) is 0 Å². The highest BCUT2D eigenvalue weighted by Gasteiger charge is 2.35. The molecule has 0 aliphatic carbocycles. The maximum Gasteiger partial charge on any atom is 0.419 e. The summed E-state index contributed by atoms with van der Waals surface area (Å²) in [6.07, 6.45) is -8.10. The van der Waals surface area contributed by atoms with Gasteiger partial charge in [0, 0.05) is 18.8 Å². The van der Waals surface area contributed by atoms with Gasteiger partial charge in [0.1, 0.15) is 5.82 Å². The molecule has 0 saturated carbocycles. The van der Waals surface area contributed by atoms with E-state index in [4.69, 9.17) is 0 Å². The molecule has 0 aliphatic heterocycles. The second kappa shape index (κ2) is 7.65. The highest BCUT2D eigenvalue weighted by Crippen LogP contribution is 2.37. The van der Waals surface area contributed by atoms with E-state index in [1.807, 2.05) is 0 Å². The van der Waals surface area contributed by atoms with Gasteiger partial charge in [0.25, 0.3) is 0 Å². The van der Waals surface area contributed by atoms with Gasteiger partial charge in [-0.3, -0.25) is 0 Å². The van der Waals surface area contributed by atoms with Gasteiger partial charge in [0.15, 0.2) is 20.3 Å². The van der Waals surface area contributed by atoms with Crippen molar-refractivity contribution in [3.8, 4) is 17.2 Å². The van der Waals surface area contributed by atoms with E-state index in [2.05, 4.69) is 26.0 Å². The number of alkyl halides is 6. The summed E-state index contributed by atoms with van der Waals surface area (Å²) in [5.41, 5.74) is -2.31. The van der Waals surface area contributed by atoms with Crippen LogP contribution in [0.3, 0.4) is 0 Å². The van der Waals surface area contributed by atoms with Crippen molar-refractivity contribution in [2.45, 2.75) is 24.2 Å². The molecule has 14 heteroatoms. The Morgan fingerprint density at radius 2 is 1.68 bits per heavy atom. The minimum atomic E-state index is -4.77. The van der Waals surface area contributed by atoms with Crippen molar-refractivity contribution >= 4 is 25.8 Å². The molecule has 0 unspecified atom stereocenters. The maximum absolute atomic E-state index is 13.1. The molecule has 168 valence electrons. The Morgan fingerprint density at radius 3 is 2.19 bits per heavy atom. The van der Waals surface area contributed by atoms with Crippen molar-refractivity contribution in [2.75, 3.05) is 5.75 Å². The van der Waals surface area contributed by atoms with Crippen LogP contribution in [0.1, 0.15) is 18.1 Å². The Kier molecular flexibility index (Phi) is 5.76. The molecule has 0 atom stereocenters. The number of aromatic nitrogens is 4. The van der Waals surface area contributed by atoms with Crippen molar-refractivity contribution in [1.82, 2.24) is 19.3 Å². The third-order valence-corrected chi connectivity index (χ3v) is 6.72. The molecule has 0 N–H and O–H groups in total. The van der Waals surface area contributed by atoms with Crippen LogP contribution in [0.4, 0.5) is 26.3 Å². The van der Waals surface area contributed by atoms with E-state index in [0.29, 0.717) is 24.5 Å². The van der Waals surface area contributed by atoms with E-state index in [1.165, 1.54) is 18.5 Å². The molecule has 0 fully saturated rings. The molecular weight excluding hydrogens is 518 g/mol. The summed E-state index contributed by atoms with van der Waals surface area (Å²) < 4.78 is 105. The SMILES string of the molecule is CCS(=O)(=O)c1cc(C(F)(F)F)ccc1-c1nc(Br)c(-n2cc(C(F)(F)F)cn2)n1C. The molecule has 3 rings (SSSR count). The Morgan fingerprint density at radius 1 is 1.06 bits per heavy atom. The molecule has 0 radical (unpaired) electrons. The van der Waals surface area contributed by atoms with Crippen LogP contribution in [0.5, 0.6) is 0 Å². The van der Waals surface area contributed by atoms with Crippen molar-refractivity contribution in [3.63, 3.8) is 0 Å². The number of sulfone groups is 1. The normalized spacial score (nSPS) is 13.1. The molecular formula is C17H13BrF6N4O2S. The monoisotopic (exact) mass is 530 g/mol. The van der Waals surface area contributed by atoms with Gasteiger partial charge in [-0.05, 0) is 34.1 Å². The van der Waals surface area contributed by atoms with Gasteiger partial charge in [0.05, 0.1) is 28.0 Å². The lowest BCUT2D eigenvalue weighted by atomic mass is 10.1. The van der Waals surface area contributed by atoms with E-state index in [9.17, 15) is 34.8 Å². The molecule has 6 nitrogen and oxygen atoms in total. The number of rotatable bonds is 4. The summed E-state index contributed by atoms with van der Waals surface area (Å²) in [6, 6.07) is 2.20. The zero-order chi connectivity index (χ0) is 23.4. The molecule has 31 heavy (non-hydrogen) atoms. The molecule has 2 heterocycles. The predicted molar refractivity (Wildman–Crippen MR) is 101 cm³/mol. The van der Waals surface area contributed by atoms with Crippen LogP contribution in [-0.2, 0) is 29.2 Å². The molecule has 0 bridgehead atoms. The first-order valence-electron chi connectivity index (χ1n) is 8.45. The molecule has 0 aliphatic rings. The molecule has 0 spiro atoms. The highest BCUT2D eigenvalue weighted by molar-refractivity contribution is 9.10. The van der Waals surface area contributed by atoms with Gasteiger partial charge in [-0.1, -0.05) is 6.92 Å². The Labute approximate surface area is 180 Å². The quantitative estimate of drug-likeness (QED) is 0.451. The number of hydrogen-bond acceptors (Lipinski definition) is 4. The summed E-state index contributed by atoms with van der Waals surface area (Å²) >= 11 is 3.10. The molecule has 2 aromatic heterocycles. The first-order chi connectivity index (χ1) is 14.2. The molecule has 0 saturated heterocycles. The first-order valence-corrected chi connectivity index (χ1v) is 10.9. The van der Waals surface area contributed by atoms with Gasteiger partial charge < -0.3 is 4.57 Å². The van der Waals surface area contributed by atoms with Gasteiger partial charge >= 0.3 is 12.4 Å². The average Bonchev–Trinajstić information content (AvgIpc) is 3.25. The minimum Gasteiger partial charge on any atom is -0.311 e. The van der Waals surface area contributed by atoms with Crippen molar-refractivity contribution < 1.29 is 34.8 Å². The summed E-state index contributed by atoms with van der Waals surface area (Å²) in [7, 11) is -2.73. The van der Waals surface area contributed by atoms with Crippen LogP contribution in [0.25, 0.3) is 17.2 Å². The molecule has 3 aromatic rings. The van der Waals surface area contributed by atoms with E-state index in [0.717, 1.165) is 10.7 Å². The van der Waals surface area contributed by atoms with Gasteiger partial charge in [0.2, 0.25) is 0 Å². The Bertz CT molecular complexity index is 1240. The van der Waals surface area contributed by atoms with Crippen LogP contribution in [-0.4, -0.2) is 33.5 Å². The fourth-order valence-electron chi connectivity index (χ4n) is 2.83. The van der Waals surface area contributed by atoms with Crippen LogP contribution < -0.4 is 0 Å². The van der Waals surface area contributed by atoms with Gasteiger partial charge in [-0.15, -0.1) is 0 Å². The van der Waals surface area contributed by atoms with E-state index >= 15 is 0 Å². The summed E-state index contributed by atoms with van der Waals surface area (Å²) in [4.78, 5) is 3.53. The van der Waals surface area contributed by atoms with Crippen LogP contribution in [0, 0.1) is 0 Å². The van der Waals surface area contributed by atoms with Gasteiger partial charge in [-0.2, -0.15) is 31.4 Å². The van der Waals surface area contributed by atoms with Gasteiger partial charge in [-0.25, -0.2) is 18.1 Å². The van der Waals surface area contributed by atoms with E-state index in [1.54, 1.807) is 0 Å². The second-order valence-corrected chi connectivity index (χ2v) is 9.39. The highest BCUT2D eigenvalue weighted by atomic mass is 79.9. The van der Waals surface area contributed by atoms with E-state index in [-0.39, 0.29) is 21.8 Å². The predicted octanol–water partition coefficient (Wildman–Crippen LogP) is 4.87. The number of nitrogens with zero attached hydrogens (tertiary/aromatic N) is 4. The van der Waals surface area contributed by atoms with Crippen molar-refractivity contribution in [2.24, 2.45) is 7.05 Å². The Hall–Kier alpha value is -2.35. The summed E-state index contributed by atoms with van der Waals surface area (Å²) in [5, 5.41) is 3.65.